The van der Waals surface area contributed by atoms with Gasteiger partial charge in [-0.1, -0.05) is 25.4 Å². The van der Waals surface area contributed by atoms with E-state index in [4.69, 9.17) is 16.7 Å². The fourth-order valence-electron chi connectivity index (χ4n) is 2.25. The molecule has 20 heavy (non-hydrogen) atoms. The number of carboxylic acid groups (broad SMARTS) is 1. The summed E-state index contributed by atoms with van der Waals surface area (Å²) in [5, 5.41) is 11.7. The molecule has 0 aliphatic carbocycles. The number of hydrogen-bond acceptors (Lipinski definition) is 2. The standard InChI is InChI=1S/C14H17ClN2O3/c1-14(2)5-6-17(8-14)13(20)16-9-3-4-10(12(18)19)11(15)7-9/h3-4,7H,5-6,8H2,1-2H3,(H,16,20)(H,18,19). The van der Waals surface area contributed by atoms with Crippen molar-refractivity contribution in [3.05, 3.63) is 28.8 Å². The lowest BCUT2D eigenvalue weighted by Gasteiger charge is -2.20. The van der Waals surface area contributed by atoms with Crippen LogP contribution in [-0.2, 0) is 0 Å². The van der Waals surface area contributed by atoms with Gasteiger partial charge in [-0.15, -0.1) is 0 Å². The highest BCUT2D eigenvalue weighted by molar-refractivity contribution is 6.33. The Balaban J connectivity index is 2.05. The van der Waals surface area contributed by atoms with Crippen molar-refractivity contribution in [3.8, 4) is 0 Å². The van der Waals surface area contributed by atoms with Gasteiger partial charge < -0.3 is 15.3 Å². The first-order valence-corrected chi connectivity index (χ1v) is 6.75. The Kier molecular flexibility index (Phi) is 3.90. The molecule has 2 rings (SSSR count). The molecule has 1 aromatic rings. The molecule has 0 unspecified atom stereocenters. The minimum atomic E-state index is -1.09. The SMILES string of the molecule is CC1(C)CCN(C(=O)Nc2ccc(C(=O)O)c(Cl)c2)C1. The van der Waals surface area contributed by atoms with Crippen molar-refractivity contribution >= 4 is 29.3 Å². The minimum absolute atomic E-state index is 0.0203. The van der Waals surface area contributed by atoms with E-state index in [1.807, 2.05) is 0 Å². The van der Waals surface area contributed by atoms with E-state index >= 15 is 0 Å². The summed E-state index contributed by atoms with van der Waals surface area (Å²) in [6.07, 6.45) is 0.971. The Morgan fingerprint density at radius 3 is 2.60 bits per heavy atom. The molecule has 1 aliphatic heterocycles. The molecule has 108 valence electrons. The first-order valence-electron chi connectivity index (χ1n) is 6.37. The third kappa shape index (κ3) is 3.22. The van der Waals surface area contributed by atoms with Crippen LogP contribution in [0.1, 0.15) is 30.6 Å². The predicted molar refractivity (Wildman–Crippen MR) is 77.4 cm³/mol. The van der Waals surface area contributed by atoms with Crippen LogP contribution in [0.5, 0.6) is 0 Å². The maximum atomic E-state index is 12.1. The van der Waals surface area contributed by atoms with E-state index in [-0.39, 0.29) is 22.0 Å². The number of carboxylic acids is 1. The van der Waals surface area contributed by atoms with Gasteiger partial charge in [0.05, 0.1) is 10.6 Å². The predicted octanol–water partition coefficient (Wildman–Crippen LogP) is 3.30. The monoisotopic (exact) mass is 296 g/mol. The first-order chi connectivity index (χ1) is 9.28. The Hall–Kier alpha value is -1.75. The second-order valence-electron chi connectivity index (χ2n) is 5.77. The highest BCUT2D eigenvalue weighted by Crippen LogP contribution is 2.29. The second kappa shape index (κ2) is 5.32. The zero-order valence-corrected chi connectivity index (χ0v) is 12.2. The molecule has 2 N–H and O–H groups in total. The Morgan fingerprint density at radius 2 is 2.10 bits per heavy atom. The normalized spacial score (nSPS) is 17.1. The van der Waals surface area contributed by atoms with Gasteiger partial charge in [0.15, 0.2) is 0 Å². The zero-order chi connectivity index (χ0) is 14.9. The van der Waals surface area contributed by atoms with Crippen molar-refractivity contribution < 1.29 is 14.7 Å². The van der Waals surface area contributed by atoms with Crippen LogP contribution >= 0.6 is 11.6 Å². The highest BCUT2D eigenvalue weighted by Gasteiger charge is 2.32. The van der Waals surface area contributed by atoms with Crippen molar-refractivity contribution in [1.82, 2.24) is 4.90 Å². The average Bonchev–Trinajstić information content (AvgIpc) is 2.69. The fraction of sp³-hybridized carbons (Fsp3) is 0.429. The van der Waals surface area contributed by atoms with Gasteiger partial charge in [0.1, 0.15) is 0 Å². The number of benzene rings is 1. The molecule has 1 heterocycles. The Morgan fingerprint density at radius 1 is 1.40 bits per heavy atom. The summed E-state index contributed by atoms with van der Waals surface area (Å²) in [5.41, 5.74) is 0.656. The number of rotatable bonds is 2. The summed E-state index contributed by atoms with van der Waals surface area (Å²) in [6, 6.07) is 4.18. The van der Waals surface area contributed by atoms with Crippen LogP contribution in [0.3, 0.4) is 0 Å². The van der Waals surface area contributed by atoms with Gasteiger partial charge >= 0.3 is 12.0 Å². The summed E-state index contributed by atoms with van der Waals surface area (Å²) in [7, 11) is 0. The highest BCUT2D eigenvalue weighted by atomic mass is 35.5. The van der Waals surface area contributed by atoms with E-state index in [1.54, 1.807) is 4.90 Å². The van der Waals surface area contributed by atoms with Crippen molar-refractivity contribution in [2.24, 2.45) is 5.41 Å². The molecule has 0 aromatic heterocycles. The maximum absolute atomic E-state index is 12.1. The first kappa shape index (κ1) is 14.7. The van der Waals surface area contributed by atoms with E-state index in [9.17, 15) is 9.59 Å². The Bertz CT molecular complexity index is 557. The van der Waals surface area contributed by atoms with Gasteiger partial charge in [-0.3, -0.25) is 0 Å². The number of urea groups is 1. The summed E-state index contributed by atoms with van der Waals surface area (Å²) < 4.78 is 0. The lowest BCUT2D eigenvalue weighted by molar-refractivity contribution is 0.0697. The topological polar surface area (TPSA) is 69.6 Å². The number of hydrogen-bond donors (Lipinski definition) is 2. The van der Waals surface area contributed by atoms with E-state index in [1.165, 1.54) is 18.2 Å². The zero-order valence-electron chi connectivity index (χ0n) is 11.4. The number of carbonyl (C=O) groups excluding carboxylic acids is 1. The molecular formula is C14H17ClN2O3. The molecule has 1 aromatic carbocycles. The van der Waals surface area contributed by atoms with Crippen LogP contribution in [0.25, 0.3) is 0 Å². The largest absolute Gasteiger partial charge is 0.478 e. The van der Waals surface area contributed by atoms with Crippen LogP contribution < -0.4 is 5.32 Å². The van der Waals surface area contributed by atoms with Crippen LogP contribution in [0.2, 0.25) is 5.02 Å². The van der Waals surface area contributed by atoms with E-state index in [2.05, 4.69) is 19.2 Å². The molecule has 0 spiro atoms. The number of likely N-dealkylation sites (tertiary alicyclic amines) is 1. The quantitative estimate of drug-likeness (QED) is 0.879. The second-order valence-corrected chi connectivity index (χ2v) is 6.17. The molecular weight excluding hydrogens is 280 g/mol. The maximum Gasteiger partial charge on any atom is 0.337 e. The van der Waals surface area contributed by atoms with Gasteiger partial charge in [-0.05, 0) is 30.0 Å². The summed E-state index contributed by atoms with van der Waals surface area (Å²) in [6.45, 7) is 5.68. The molecule has 0 atom stereocenters. The van der Waals surface area contributed by atoms with Gasteiger partial charge in [0.2, 0.25) is 0 Å². The van der Waals surface area contributed by atoms with E-state index < -0.39 is 5.97 Å². The number of anilines is 1. The third-order valence-corrected chi connectivity index (χ3v) is 3.73. The minimum Gasteiger partial charge on any atom is -0.478 e. The number of nitrogens with zero attached hydrogens (tertiary/aromatic N) is 1. The van der Waals surface area contributed by atoms with Crippen molar-refractivity contribution in [3.63, 3.8) is 0 Å². The fourth-order valence-corrected chi connectivity index (χ4v) is 2.52. The lowest BCUT2D eigenvalue weighted by Crippen LogP contribution is -2.34. The van der Waals surface area contributed by atoms with Gasteiger partial charge in [-0.25, -0.2) is 9.59 Å². The van der Waals surface area contributed by atoms with Crippen LogP contribution in [0.4, 0.5) is 10.5 Å². The molecule has 1 aliphatic rings. The Labute approximate surface area is 122 Å². The molecule has 0 radical (unpaired) electrons. The molecule has 6 heteroatoms. The van der Waals surface area contributed by atoms with Crippen molar-refractivity contribution in [1.29, 1.82) is 0 Å². The average molecular weight is 297 g/mol. The molecule has 0 saturated carbocycles. The van der Waals surface area contributed by atoms with Gasteiger partial charge in [0, 0.05) is 18.8 Å². The number of nitrogens with one attached hydrogen (secondary N) is 1. The number of aromatic carboxylic acids is 1. The summed E-state index contributed by atoms with van der Waals surface area (Å²) in [5.74, 6) is -1.09. The van der Waals surface area contributed by atoms with Crippen LogP contribution in [0.15, 0.2) is 18.2 Å². The third-order valence-electron chi connectivity index (χ3n) is 3.42. The molecule has 0 bridgehead atoms. The smallest absolute Gasteiger partial charge is 0.337 e. The van der Waals surface area contributed by atoms with Crippen molar-refractivity contribution in [2.75, 3.05) is 18.4 Å². The summed E-state index contributed by atoms with van der Waals surface area (Å²) in [4.78, 5) is 24.7. The lowest BCUT2D eigenvalue weighted by atomic mass is 9.93. The molecule has 1 saturated heterocycles. The number of carbonyl (C=O) groups is 2. The van der Waals surface area contributed by atoms with E-state index in [0.717, 1.165) is 13.0 Å². The van der Waals surface area contributed by atoms with E-state index in [0.29, 0.717) is 12.2 Å². The van der Waals surface area contributed by atoms with Crippen molar-refractivity contribution in [2.45, 2.75) is 20.3 Å². The number of amides is 2. The van der Waals surface area contributed by atoms with Crippen LogP contribution in [0, 0.1) is 5.41 Å². The van der Waals surface area contributed by atoms with Crippen LogP contribution in [-0.4, -0.2) is 35.1 Å². The molecule has 5 nitrogen and oxygen atoms in total. The summed E-state index contributed by atoms with van der Waals surface area (Å²) >= 11 is 5.87. The number of halogens is 1. The van der Waals surface area contributed by atoms with Gasteiger partial charge in [-0.2, -0.15) is 0 Å². The molecule has 2 amide bonds. The van der Waals surface area contributed by atoms with Gasteiger partial charge in [0.25, 0.3) is 0 Å². The molecule has 1 fully saturated rings.